The highest BCUT2D eigenvalue weighted by atomic mass is 19.1. The van der Waals surface area contributed by atoms with Gasteiger partial charge in [-0.15, -0.1) is 0 Å². The number of benzene rings is 3. The molecule has 1 N–H and O–H groups in total. The van der Waals surface area contributed by atoms with Crippen LogP contribution in [0.25, 0.3) is 39.1 Å². The van der Waals surface area contributed by atoms with Crippen molar-refractivity contribution in [3.05, 3.63) is 135 Å². The SMILES string of the molecule is CC(C)N1CCN(Cc2ccc(-c3cccc(-n4c(=O)n(C5CCC(NCc6cnn(C)c6-c6ccccc6)CC5)c(=O)c5cc(F)cnc54)c3)cc2)CC1. The second-order valence-corrected chi connectivity index (χ2v) is 15.4. The predicted molar refractivity (Wildman–Crippen MR) is 216 cm³/mol. The highest BCUT2D eigenvalue weighted by molar-refractivity contribution is 5.76. The van der Waals surface area contributed by atoms with Gasteiger partial charge in [0, 0.05) is 75.6 Å². The number of nitrogens with one attached hydrogen (secondary N) is 1. The Labute approximate surface area is 320 Å². The lowest BCUT2D eigenvalue weighted by atomic mass is 9.90. The van der Waals surface area contributed by atoms with Gasteiger partial charge >= 0.3 is 5.69 Å². The molecule has 2 fully saturated rings. The van der Waals surface area contributed by atoms with Crippen LogP contribution in [0.5, 0.6) is 0 Å². The van der Waals surface area contributed by atoms with Crippen LogP contribution >= 0.6 is 0 Å². The van der Waals surface area contributed by atoms with Crippen LogP contribution in [-0.2, 0) is 20.1 Å². The molecule has 284 valence electrons. The summed E-state index contributed by atoms with van der Waals surface area (Å²) in [4.78, 5) is 37.7. The Morgan fingerprint density at radius 1 is 0.818 bits per heavy atom. The zero-order chi connectivity index (χ0) is 38.1. The van der Waals surface area contributed by atoms with Crippen molar-refractivity contribution < 1.29 is 4.39 Å². The molecule has 0 spiro atoms. The van der Waals surface area contributed by atoms with Gasteiger partial charge in [-0.25, -0.2) is 18.7 Å². The maximum atomic E-state index is 14.6. The van der Waals surface area contributed by atoms with Crippen molar-refractivity contribution in [3.8, 4) is 28.1 Å². The number of fused-ring (bicyclic) bond motifs is 1. The maximum Gasteiger partial charge on any atom is 0.337 e. The van der Waals surface area contributed by atoms with E-state index in [1.165, 1.54) is 20.8 Å². The largest absolute Gasteiger partial charge is 0.337 e. The van der Waals surface area contributed by atoms with Crippen molar-refractivity contribution >= 4 is 11.0 Å². The van der Waals surface area contributed by atoms with Gasteiger partial charge in [0.25, 0.3) is 5.56 Å². The number of hydrogen-bond donors (Lipinski definition) is 1. The molecule has 55 heavy (non-hydrogen) atoms. The van der Waals surface area contributed by atoms with E-state index in [0.717, 1.165) is 79.7 Å². The molecule has 0 amide bonds. The Morgan fingerprint density at radius 2 is 1.55 bits per heavy atom. The summed E-state index contributed by atoms with van der Waals surface area (Å²) >= 11 is 0. The third-order valence-corrected chi connectivity index (χ3v) is 11.5. The highest BCUT2D eigenvalue weighted by Crippen LogP contribution is 2.30. The van der Waals surface area contributed by atoms with Crippen LogP contribution in [0.4, 0.5) is 4.39 Å². The van der Waals surface area contributed by atoms with Crippen LogP contribution in [0, 0.1) is 5.82 Å². The molecule has 3 aromatic carbocycles. The van der Waals surface area contributed by atoms with Gasteiger partial charge in [0.15, 0.2) is 5.65 Å². The summed E-state index contributed by atoms with van der Waals surface area (Å²) in [6.07, 6.45) is 5.83. The van der Waals surface area contributed by atoms with Crippen molar-refractivity contribution in [1.29, 1.82) is 0 Å². The molecule has 0 bridgehead atoms. The monoisotopic (exact) mass is 740 g/mol. The molecular weight excluding hydrogens is 692 g/mol. The van der Waals surface area contributed by atoms with Crippen LogP contribution in [0.2, 0.25) is 0 Å². The number of nitrogens with zero attached hydrogens (tertiary/aromatic N) is 7. The summed E-state index contributed by atoms with van der Waals surface area (Å²) in [5.41, 5.74) is 6.31. The Kier molecular flexibility index (Phi) is 10.6. The van der Waals surface area contributed by atoms with Crippen molar-refractivity contribution in [3.63, 3.8) is 0 Å². The topological polar surface area (TPSA) is 93.2 Å². The molecule has 1 saturated carbocycles. The molecule has 0 radical (unpaired) electrons. The second kappa shape index (κ2) is 15.9. The van der Waals surface area contributed by atoms with E-state index >= 15 is 0 Å². The van der Waals surface area contributed by atoms with E-state index in [2.05, 4.69) is 75.4 Å². The molecule has 1 saturated heterocycles. The minimum Gasteiger partial charge on any atom is -0.310 e. The second-order valence-electron chi connectivity index (χ2n) is 15.4. The molecular formula is C44H49FN8O2. The van der Waals surface area contributed by atoms with Gasteiger partial charge in [0.05, 0.1) is 29.2 Å². The first-order valence-corrected chi connectivity index (χ1v) is 19.5. The lowest BCUT2D eigenvalue weighted by molar-refractivity contribution is 0.104. The Balaban J connectivity index is 1.01. The number of rotatable bonds is 10. The van der Waals surface area contributed by atoms with Crippen LogP contribution in [-0.4, -0.2) is 72.0 Å². The number of aryl methyl sites for hydroxylation is 1. The van der Waals surface area contributed by atoms with Crippen LogP contribution in [0.3, 0.4) is 0 Å². The molecule has 11 heteroatoms. The van der Waals surface area contributed by atoms with Crippen molar-refractivity contribution in [2.24, 2.45) is 7.05 Å². The average Bonchev–Trinajstić information content (AvgIpc) is 3.58. The van der Waals surface area contributed by atoms with Gasteiger partial charge in [0.2, 0.25) is 0 Å². The smallest absolute Gasteiger partial charge is 0.310 e. The fourth-order valence-electron chi connectivity index (χ4n) is 8.43. The Bertz CT molecular complexity index is 2390. The van der Waals surface area contributed by atoms with Crippen molar-refractivity contribution in [2.45, 2.75) is 70.7 Å². The van der Waals surface area contributed by atoms with E-state index in [4.69, 9.17) is 0 Å². The average molecular weight is 741 g/mol. The maximum absolute atomic E-state index is 14.6. The summed E-state index contributed by atoms with van der Waals surface area (Å²) in [5.74, 6) is -0.616. The summed E-state index contributed by atoms with van der Waals surface area (Å²) in [7, 11) is 1.96. The van der Waals surface area contributed by atoms with Gasteiger partial charge < -0.3 is 5.32 Å². The fraction of sp³-hybridized carbons (Fsp3) is 0.364. The summed E-state index contributed by atoms with van der Waals surface area (Å²) < 4.78 is 19.4. The first-order chi connectivity index (χ1) is 26.7. The van der Waals surface area contributed by atoms with E-state index in [1.54, 1.807) is 0 Å². The fourth-order valence-corrected chi connectivity index (χ4v) is 8.43. The minimum absolute atomic E-state index is 0.0915. The van der Waals surface area contributed by atoms with Gasteiger partial charge in [-0.2, -0.15) is 5.10 Å². The number of halogens is 1. The lowest BCUT2D eigenvalue weighted by Crippen LogP contribution is -2.48. The highest BCUT2D eigenvalue weighted by Gasteiger charge is 2.28. The van der Waals surface area contributed by atoms with Crippen molar-refractivity contribution in [1.82, 2.24) is 39.0 Å². The van der Waals surface area contributed by atoms with E-state index < -0.39 is 17.1 Å². The van der Waals surface area contributed by atoms with E-state index in [0.29, 0.717) is 31.1 Å². The Morgan fingerprint density at radius 3 is 2.27 bits per heavy atom. The quantitative estimate of drug-likeness (QED) is 0.170. The number of hydrogen-bond acceptors (Lipinski definition) is 7. The van der Waals surface area contributed by atoms with Crippen molar-refractivity contribution in [2.75, 3.05) is 26.2 Å². The van der Waals surface area contributed by atoms with E-state index in [-0.39, 0.29) is 23.1 Å². The lowest BCUT2D eigenvalue weighted by Gasteiger charge is -2.36. The summed E-state index contributed by atoms with van der Waals surface area (Å²) in [6, 6.07) is 28.2. The van der Waals surface area contributed by atoms with Crippen LogP contribution in [0.15, 0.2) is 107 Å². The van der Waals surface area contributed by atoms with Gasteiger partial charge in [-0.3, -0.25) is 23.8 Å². The predicted octanol–water partition coefficient (Wildman–Crippen LogP) is 6.55. The number of piperazine rings is 1. The molecule has 10 nitrogen and oxygen atoms in total. The van der Waals surface area contributed by atoms with Crippen LogP contribution in [0.1, 0.15) is 56.7 Å². The van der Waals surface area contributed by atoms with E-state index in [1.807, 2.05) is 60.4 Å². The molecule has 1 aliphatic heterocycles. The molecule has 8 rings (SSSR count). The third-order valence-electron chi connectivity index (χ3n) is 11.5. The number of pyridine rings is 1. The minimum atomic E-state index is -0.616. The van der Waals surface area contributed by atoms with Gasteiger partial charge in [0.1, 0.15) is 5.82 Å². The summed E-state index contributed by atoms with van der Waals surface area (Å²) in [6.45, 7) is 10.4. The first-order valence-electron chi connectivity index (χ1n) is 19.5. The molecule has 4 heterocycles. The van der Waals surface area contributed by atoms with E-state index in [9.17, 15) is 14.0 Å². The standard InChI is InChI=1S/C44H49FN8O2/c1-30(2)51-22-20-50(21-23-51)29-31-12-14-32(15-13-31)34-10-7-11-39(24-34)52-42-40(25-36(45)28-47-42)43(54)53(44(52)55)38-18-16-37(17-19-38)46-26-35-27-48-49(3)41(35)33-8-5-4-6-9-33/h4-15,24-25,27-28,30,37-38,46H,16-23,26,29H2,1-3H3. The Hall–Kier alpha value is -5.23. The van der Waals surface area contributed by atoms with Crippen LogP contribution < -0.4 is 16.6 Å². The zero-order valence-electron chi connectivity index (χ0n) is 31.9. The van der Waals surface area contributed by atoms with Gasteiger partial charge in [-0.1, -0.05) is 66.7 Å². The first kappa shape index (κ1) is 36.7. The molecule has 1 aliphatic carbocycles. The molecule has 0 atom stereocenters. The zero-order valence-corrected chi connectivity index (χ0v) is 31.9. The van der Waals surface area contributed by atoms with Gasteiger partial charge in [-0.05, 0) is 74.4 Å². The molecule has 3 aromatic heterocycles. The molecule has 2 aliphatic rings. The normalized spacial score (nSPS) is 18.3. The molecule has 6 aromatic rings. The number of aromatic nitrogens is 5. The summed E-state index contributed by atoms with van der Waals surface area (Å²) in [5, 5.41) is 8.30. The third kappa shape index (κ3) is 7.69. The molecule has 0 unspecified atom stereocenters.